The number of hydrogen-bond donors (Lipinski definition) is 0. The zero-order chi connectivity index (χ0) is 16.6. The number of likely N-dealkylation sites (N-methyl/N-ethyl adjacent to an activating group) is 1. The molecule has 2 atom stereocenters. The third kappa shape index (κ3) is 7.37. The van der Waals surface area contributed by atoms with Gasteiger partial charge in [-0.2, -0.15) is 4.31 Å². The van der Waals surface area contributed by atoms with Gasteiger partial charge >= 0.3 is 0 Å². The molecule has 0 radical (unpaired) electrons. The number of nitrogens with zero attached hydrogens (tertiary/aromatic N) is 1. The standard InChI is InChI=1S/C15H31NO5S/c1-5-13(3)21-15(11-16(6-2)22(4,17)18)12-20-14-7-9-19-10-8-14/h13-15H,5-12H2,1-4H3/t13-,15-/m0/s1. The molecule has 6 nitrogen and oxygen atoms in total. The Kier molecular flexibility index (Phi) is 8.86. The van der Waals surface area contributed by atoms with Gasteiger partial charge in [-0.3, -0.25) is 0 Å². The van der Waals surface area contributed by atoms with E-state index in [1.165, 1.54) is 10.6 Å². The summed E-state index contributed by atoms with van der Waals surface area (Å²) in [4.78, 5) is 0. The van der Waals surface area contributed by atoms with E-state index in [9.17, 15) is 8.42 Å². The largest absolute Gasteiger partial charge is 0.381 e. The maximum atomic E-state index is 11.8. The van der Waals surface area contributed by atoms with Gasteiger partial charge in [0.15, 0.2) is 0 Å². The van der Waals surface area contributed by atoms with Crippen LogP contribution < -0.4 is 0 Å². The number of hydrogen-bond acceptors (Lipinski definition) is 5. The summed E-state index contributed by atoms with van der Waals surface area (Å²) in [6.45, 7) is 8.53. The lowest BCUT2D eigenvalue weighted by atomic mass is 10.1. The Morgan fingerprint density at radius 2 is 1.91 bits per heavy atom. The van der Waals surface area contributed by atoms with Crippen molar-refractivity contribution >= 4 is 10.0 Å². The monoisotopic (exact) mass is 337 g/mol. The van der Waals surface area contributed by atoms with Crippen LogP contribution in [0.3, 0.4) is 0 Å². The van der Waals surface area contributed by atoms with Crippen LogP contribution in [0.2, 0.25) is 0 Å². The van der Waals surface area contributed by atoms with Gasteiger partial charge in [-0.05, 0) is 26.2 Å². The van der Waals surface area contributed by atoms with E-state index in [0.29, 0.717) is 19.7 Å². The second-order valence-electron chi connectivity index (χ2n) is 5.84. The van der Waals surface area contributed by atoms with Crippen molar-refractivity contribution in [2.45, 2.75) is 58.3 Å². The molecular weight excluding hydrogens is 306 g/mol. The van der Waals surface area contributed by atoms with Gasteiger partial charge in [0.25, 0.3) is 0 Å². The first kappa shape index (κ1) is 19.8. The predicted molar refractivity (Wildman–Crippen MR) is 86.5 cm³/mol. The zero-order valence-electron chi connectivity index (χ0n) is 14.3. The smallest absolute Gasteiger partial charge is 0.211 e. The molecule has 22 heavy (non-hydrogen) atoms. The molecule has 0 aromatic heterocycles. The molecule has 0 aromatic carbocycles. The van der Waals surface area contributed by atoms with E-state index in [4.69, 9.17) is 14.2 Å². The minimum absolute atomic E-state index is 0.0848. The summed E-state index contributed by atoms with van der Waals surface area (Å²) in [5.41, 5.74) is 0. The average Bonchev–Trinajstić information content (AvgIpc) is 2.49. The summed E-state index contributed by atoms with van der Waals surface area (Å²) in [5, 5.41) is 0. The molecule has 0 spiro atoms. The van der Waals surface area contributed by atoms with Gasteiger partial charge in [-0.1, -0.05) is 13.8 Å². The van der Waals surface area contributed by atoms with E-state index in [1.54, 1.807) is 0 Å². The van der Waals surface area contributed by atoms with E-state index in [0.717, 1.165) is 32.5 Å². The third-order valence-corrected chi connectivity index (χ3v) is 5.26. The van der Waals surface area contributed by atoms with E-state index < -0.39 is 10.0 Å². The van der Waals surface area contributed by atoms with Crippen molar-refractivity contribution in [2.75, 3.05) is 39.2 Å². The summed E-state index contributed by atoms with van der Waals surface area (Å²) in [6, 6.07) is 0. The minimum atomic E-state index is -3.22. The van der Waals surface area contributed by atoms with Gasteiger partial charge in [0, 0.05) is 26.3 Å². The number of rotatable bonds is 10. The molecule has 0 N–H and O–H groups in total. The second kappa shape index (κ2) is 9.82. The molecule has 1 rings (SSSR count). The second-order valence-corrected chi connectivity index (χ2v) is 7.82. The molecule has 1 heterocycles. The van der Waals surface area contributed by atoms with Gasteiger partial charge in [-0.15, -0.1) is 0 Å². The maximum absolute atomic E-state index is 11.8. The fourth-order valence-corrected chi connectivity index (χ4v) is 3.28. The van der Waals surface area contributed by atoms with Crippen LogP contribution in [-0.2, 0) is 24.2 Å². The lowest BCUT2D eigenvalue weighted by Crippen LogP contribution is -2.42. The third-order valence-electron chi connectivity index (χ3n) is 3.91. The highest BCUT2D eigenvalue weighted by atomic mass is 32.2. The number of sulfonamides is 1. The van der Waals surface area contributed by atoms with Crippen LogP contribution >= 0.6 is 0 Å². The maximum Gasteiger partial charge on any atom is 0.211 e. The molecule has 0 aromatic rings. The first-order chi connectivity index (χ1) is 10.4. The Balaban J connectivity index is 2.57. The van der Waals surface area contributed by atoms with Crippen LogP contribution in [0.15, 0.2) is 0 Å². The highest BCUT2D eigenvalue weighted by Gasteiger charge is 2.24. The van der Waals surface area contributed by atoms with Crippen LogP contribution in [0.4, 0.5) is 0 Å². The molecule has 1 fully saturated rings. The molecule has 1 aliphatic heterocycles. The summed E-state index contributed by atoms with van der Waals surface area (Å²) < 4.78 is 42.2. The normalized spacial score (nSPS) is 20.2. The lowest BCUT2D eigenvalue weighted by Gasteiger charge is -2.29. The first-order valence-corrected chi connectivity index (χ1v) is 10.0. The van der Waals surface area contributed by atoms with Crippen molar-refractivity contribution < 1.29 is 22.6 Å². The van der Waals surface area contributed by atoms with Gasteiger partial charge in [0.1, 0.15) is 0 Å². The van der Waals surface area contributed by atoms with Crippen LogP contribution in [0, 0.1) is 0 Å². The van der Waals surface area contributed by atoms with E-state index in [2.05, 4.69) is 6.92 Å². The fourth-order valence-electron chi connectivity index (χ4n) is 2.37. The average molecular weight is 337 g/mol. The zero-order valence-corrected chi connectivity index (χ0v) is 15.1. The van der Waals surface area contributed by atoms with Crippen LogP contribution in [-0.4, -0.2) is 70.2 Å². The lowest BCUT2D eigenvalue weighted by molar-refractivity contribution is -0.0951. The topological polar surface area (TPSA) is 65.1 Å². The van der Waals surface area contributed by atoms with Crippen LogP contribution in [0.25, 0.3) is 0 Å². The molecule has 0 aliphatic carbocycles. The molecule has 0 bridgehead atoms. The Morgan fingerprint density at radius 1 is 1.27 bits per heavy atom. The summed E-state index contributed by atoms with van der Waals surface area (Å²) in [7, 11) is -3.22. The highest BCUT2D eigenvalue weighted by Crippen LogP contribution is 2.14. The first-order valence-electron chi connectivity index (χ1n) is 8.16. The molecule has 7 heteroatoms. The predicted octanol–water partition coefficient (Wildman–Crippen LogP) is 1.65. The van der Waals surface area contributed by atoms with Crippen molar-refractivity contribution in [3.8, 4) is 0 Å². The molecule has 1 aliphatic rings. The summed E-state index contributed by atoms with van der Waals surface area (Å²) >= 11 is 0. The van der Waals surface area contributed by atoms with Crippen molar-refractivity contribution in [2.24, 2.45) is 0 Å². The Labute approximate surface area is 135 Å². The molecule has 132 valence electrons. The van der Waals surface area contributed by atoms with E-state index in [-0.39, 0.29) is 18.3 Å². The van der Waals surface area contributed by atoms with Gasteiger partial charge < -0.3 is 14.2 Å². The van der Waals surface area contributed by atoms with Crippen LogP contribution in [0.1, 0.15) is 40.0 Å². The van der Waals surface area contributed by atoms with Crippen LogP contribution in [0.5, 0.6) is 0 Å². The molecule has 1 saturated heterocycles. The van der Waals surface area contributed by atoms with Crippen molar-refractivity contribution in [3.63, 3.8) is 0 Å². The molecule has 0 saturated carbocycles. The van der Waals surface area contributed by atoms with Crippen molar-refractivity contribution in [1.29, 1.82) is 0 Å². The van der Waals surface area contributed by atoms with Crippen molar-refractivity contribution in [3.05, 3.63) is 0 Å². The van der Waals surface area contributed by atoms with Crippen molar-refractivity contribution in [1.82, 2.24) is 4.31 Å². The van der Waals surface area contributed by atoms with Gasteiger partial charge in [0.2, 0.25) is 10.0 Å². The molecule has 0 unspecified atom stereocenters. The van der Waals surface area contributed by atoms with Gasteiger partial charge in [-0.25, -0.2) is 8.42 Å². The Bertz CT molecular complexity index is 395. The Morgan fingerprint density at radius 3 is 2.41 bits per heavy atom. The molecular formula is C15H31NO5S. The summed E-state index contributed by atoms with van der Waals surface area (Å²) in [6.07, 6.45) is 3.92. The minimum Gasteiger partial charge on any atom is -0.381 e. The molecule has 0 amide bonds. The number of ether oxygens (including phenoxy) is 3. The SMILES string of the molecule is CC[C@H](C)O[C@H](COC1CCOCC1)CN(CC)S(C)(=O)=O. The Hall–Kier alpha value is -0.210. The van der Waals surface area contributed by atoms with Gasteiger partial charge in [0.05, 0.1) is 31.2 Å². The fraction of sp³-hybridized carbons (Fsp3) is 1.00. The quantitative estimate of drug-likeness (QED) is 0.606. The summed E-state index contributed by atoms with van der Waals surface area (Å²) in [5.74, 6) is 0. The van der Waals surface area contributed by atoms with E-state index >= 15 is 0 Å². The highest BCUT2D eigenvalue weighted by molar-refractivity contribution is 7.88. The van der Waals surface area contributed by atoms with E-state index in [1.807, 2.05) is 13.8 Å².